The molecule has 2 fully saturated rings. The minimum atomic E-state index is 0.134. The number of rotatable bonds is 5. The lowest BCUT2D eigenvalue weighted by atomic mass is 10.0. The van der Waals surface area contributed by atoms with Crippen LogP contribution in [0, 0.1) is 0 Å². The quantitative estimate of drug-likeness (QED) is 0.665. The average Bonchev–Trinajstić information content (AvgIpc) is 3.26. The van der Waals surface area contributed by atoms with Crippen molar-refractivity contribution in [2.75, 3.05) is 33.4 Å². The summed E-state index contributed by atoms with van der Waals surface area (Å²) in [6, 6.07) is 5.48. The van der Waals surface area contributed by atoms with Crippen LogP contribution in [0.3, 0.4) is 0 Å². The Bertz CT molecular complexity index is 660. The van der Waals surface area contributed by atoms with Crippen molar-refractivity contribution >= 4 is 35.4 Å². The molecule has 3 rings (SSSR count). The van der Waals surface area contributed by atoms with Gasteiger partial charge in [-0.3, -0.25) is 9.59 Å². The first-order chi connectivity index (χ1) is 14.5. The molecule has 2 aliphatic rings. The first-order valence-electron chi connectivity index (χ1n) is 10.5. The van der Waals surface area contributed by atoms with Gasteiger partial charge in [0.1, 0.15) is 6.29 Å². The maximum absolute atomic E-state index is 11.6. The molecule has 2 heterocycles. The molecule has 0 saturated carbocycles. The van der Waals surface area contributed by atoms with Gasteiger partial charge in [0.25, 0.3) is 0 Å². The Morgan fingerprint density at radius 2 is 2.03 bits per heavy atom. The van der Waals surface area contributed by atoms with E-state index in [-0.39, 0.29) is 12.0 Å². The van der Waals surface area contributed by atoms with Gasteiger partial charge in [-0.1, -0.05) is 50.0 Å². The Balaban J connectivity index is 0.000000318. The van der Waals surface area contributed by atoms with E-state index < -0.39 is 0 Å². The first kappa shape index (κ1) is 26.9. The fourth-order valence-electron chi connectivity index (χ4n) is 3.37. The van der Waals surface area contributed by atoms with Crippen molar-refractivity contribution in [1.82, 2.24) is 10.2 Å². The van der Waals surface area contributed by atoms with Crippen molar-refractivity contribution in [3.63, 3.8) is 0 Å². The summed E-state index contributed by atoms with van der Waals surface area (Å²) >= 11 is 11.2. The highest BCUT2D eigenvalue weighted by Crippen LogP contribution is 2.21. The summed E-state index contributed by atoms with van der Waals surface area (Å²) < 4.78 is 10.9. The molecule has 0 radical (unpaired) electrons. The Kier molecular flexibility index (Phi) is 13.2. The van der Waals surface area contributed by atoms with E-state index in [2.05, 4.69) is 5.32 Å². The molecule has 6 nitrogen and oxygen atoms in total. The van der Waals surface area contributed by atoms with Gasteiger partial charge in [-0.05, 0) is 25.0 Å². The number of nitrogens with zero attached hydrogens (tertiary/aromatic N) is 1. The number of ether oxygens (including phenoxy) is 2. The lowest BCUT2D eigenvalue weighted by Gasteiger charge is -2.33. The molecule has 0 spiro atoms. The second kappa shape index (κ2) is 14.8. The van der Waals surface area contributed by atoms with Crippen LogP contribution in [0.25, 0.3) is 0 Å². The van der Waals surface area contributed by atoms with Crippen LogP contribution in [0.15, 0.2) is 18.2 Å². The van der Waals surface area contributed by atoms with E-state index in [4.69, 9.17) is 32.7 Å². The van der Waals surface area contributed by atoms with Gasteiger partial charge in [-0.25, -0.2) is 0 Å². The van der Waals surface area contributed by atoms with E-state index in [1.165, 1.54) is 6.07 Å². The number of hydrogen-bond donors (Lipinski definition) is 1. The van der Waals surface area contributed by atoms with Crippen molar-refractivity contribution in [1.29, 1.82) is 0 Å². The molecule has 30 heavy (non-hydrogen) atoms. The Hall–Kier alpha value is -1.18. The van der Waals surface area contributed by atoms with Crippen LogP contribution in [0.1, 0.15) is 50.4 Å². The van der Waals surface area contributed by atoms with Crippen molar-refractivity contribution in [3.8, 4) is 0 Å². The van der Waals surface area contributed by atoms with Gasteiger partial charge < -0.3 is 19.7 Å². The molecule has 3 unspecified atom stereocenters. The molecule has 1 aromatic carbocycles. The molecule has 1 aromatic rings. The number of carbonyl (C=O) groups excluding carboxylic acids is 2. The summed E-state index contributed by atoms with van der Waals surface area (Å²) in [5.41, 5.74) is 0.536. The topological polar surface area (TPSA) is 67.9 Å². The zero-order valence-corrected chi connectivity index (χ0v) is 19.8. The summed E-state index contributed by atoms with van der Waals surface area (Å²) in [5, 5.41) is 4.50. The van der Waals surface area contributed by atoms with Crippen LogP contribution in [-0.4, -0.2) is 68.7 Å². The second-order valence-corrected chi connectivity index (χ2v) is 7.70. The SMILES string of the molecule is CC.CCC(=O)N1CCC(NC2CCOCC2OC)C1.O=Cc1ccc(Cl)c(Cl)c1. The van der Waals surface area contributed by atoms with Gasteiger partial charge in [0.05, 0.1) is 22.8 Å². The Morgan fingerprint density at radius 1 is 1.30 bits per heavy atom. The maximum atomic E-state index is 11.6. The van der Waals surface area contributed by atoms with E-state index >= 15 is 0 Å². The summed E-state index contributed by atoms with van der Waals surface area (Å²) in [5.74, 6) is 0.259. The van der Waals surface area contributed by atoms with E-state index in [0.29, 0.717) is 40.7 Å². The standard InChI is InChI=1S/C13H24N2O3.C7H4Cl2O.C2H6/c1-3-13(16)15-6-4-10(8-15)14-11-5-7-18-9-12(11)17-2;8-6-2-1-5(4-10)3-7(6)9;1-2/h10-12,14H,3-9H2,1-2H3;1-4H;1-2H3. The molecular weight excluding hydrogens is 427 g/mol. The average molecular weight is 461 g/mol. The van der Waals surface area contributed by atoms with Crippen LogP contribution >= 0.6 is 23.2 Å². The number of carbonyl (C=O) groups is 2. The highest BCUT2D eigenvalue weighted by atomic mass is 35.5. The Labute approximate surface area is 190 Å². The number of aldehydes is 1. The third kappa shape index (κ3) is 8.52. The van der Waals surface area contributed by atoms with Crippen molar-refractivity contribution in [2.45, 2.75) is 58.2 Å². The van der Waals surface area contributed by atoms with Gasteiger partial charge in [-0.15, -0.1) is 0 Å². The summed E-state index contributed by atoms with van der Waals surface area (Å²) in [6.07, 6.45) is 3.48. The molecule has 2 saturated heterocycles. The van der Waals surface area contributed by atoms with E-state index in [1.54, 1.807) is 19.2 Å². The molecule has 3 atom stereocenters. The molecule has 1 amide bonds. The van der Waals surface area contributed by atoms with Crippen LogP contribution in [-0.2, 0) is 14.3 Å². The smallest absolute Gasteiger partial charge is 0.222 e. The van der Waals surface area contributed by atoms with Gasteiger partial charge in [0.2, 0.25) is 5.91 Å². The maximum Gasteiger partial charge on any atom is 0.222 e. The lowest BCUT2D eigenvalue weighted by molar-refractivity contribution is -0.129. The second-order valence-electron chi connectivity index (χ2n) is 6.88. The largest absolute Gasteiger partial charge is 0.379 e. The summed E-state index contributed by atoms with van der Waals surface area (Å²) in [7, 11) is 1.73. The van der Waals surface area contributed by atoms with Crippen LogP contribution in [0.2, 0.25) is 10.0 Å². The van der Waals surface area contributed by atoms with Gasteiger partial charge in [0, 0.05) is 50.9 Å². The van der Waals surface area contributed by atoms with E-state index in [1.807, 2.05) is 25.7 Å². The molecule has 8 heteroatoms. The fraction of sp³-hybridized carbons (Fsp3) is 0.636. The van der Waals surface area contributed by atoms with Gasteiger partial charge in [-0.2, -0.15) is 0 Å². The number of halogens is 2. The molecule has 0 aromatic heterocycles. The molecule has 1 N–H and O–H groups in total. The summed E-state index contributed by atoms with van der Waals surface area (Å²) in [4.78, 5) is 23.8. The van der Waals surface area contributed by atoms with E-state index in [0.717, 1.165) is 38.8 Å². The molecule has 2 aliphatic heterocycles. The van der Waals surface area contributed by atoms with Crippen molar-refractivity contribution < 1.29 is 19.1 Å². The number of nitrogens with one attached hydrogen (secondary N) is 1. The third-order valence-corrected chi connectivity index (χ3v) is 5.72. The zero-order valence-electron chi connectivity index (χ0n) is 18.3. The number of methoxy groups -OCH3 is 1. The molecular formula is C22H34Cl2N2O4. The predicted octanol–water partition coefficient (Wildman–Crippen LogP) is 4.22. The normalized spacial score (nSPS) is 23.0. The number of hydrogen-bond acceptors (Lipinski definition) is 5. The monoisotopic (exact) mass is 460 g/mol. The highest BCUT2D eigenvalue weighted by molar-refractivity contribution is 6.42. The minimum absolute atomic E-state index is 0.134. The molecule has 0 aliphatic carbocycles. The highest BCUT2D eigenvalue weighted by Gasteiger charge is 2.31. The first-order valence-corrected chi connectivity index (χ1v) is 11.3. The Morgan fingerprint density at radius 3 is 2.63 bits per heavy atom. The molecule has 170 valence electrons. The zero-order chi connectivity index (χ0) is 22.5. The van der Waals surface area contributed by atoms with Gasteiger partial charge in [0.15, 0.2) is 0 Å². The van der Waals surface area contributed by atoms with Gasteiger partial charge >= 0.3 is 0 Å². The van der Waals surface area contributed by atoms with Crippen LogP contribution in [0.4, 0.5) is 0 Å². The predicted molar refractivity (Wildman–Crippen MR) is 122 cm³/mol. The van der Waals surface area contributed by atoms with Crippen molar-refractivity contribution in [3.05, 3.63) is 33.8 Å². The minimum Gasteiger partial charge on any atom is -0.379 e. The van der Waals surface area contributed by atoms with Crippen LogP contribution in [0.5, 0.6) is 0 Å². The number of likely N-dealkylation sites (tertiary alicyclic amines) is 1. The molecule has 0 bridgehead atoms. The number of amides is 1. The summed E-state index contributed by atoms with van der Waals surface area (Å²) in [6.45, 7) is 9.09. The third-order valence-electron chi connectivity index (χ3n) is 4.98. The lowest BCUT2D eigenvalue weighted by Crippen LogP contribution is -2.51. The van der Waals surface area contributed by atoms with E-state index in [9.17, 15) is 9.59 Å². The van der Waals surface area contributed by atoms with Crippen molar-refractivity contribution in [2.24, 2.45) is 0 Å². The number of benzene rings is 1. The fourth-order valence-corrected chi connectivity index (χ4v) is 3.68. The van der Waals surface area contributed by atoms with Crippen LogP contribution < -0.4 is 5.32 Å².